The Bertz CT molecular complexity index is 873. The van der Waals surface area contributed by atoms with E-state index in [1.165, 1.54) is 12.1 Å². The lowest BCUT2D eigenvalue weighted by atomic mass is 10.1. The van der Waals surface area contributed by atoms with Crippen molar-refractivity contribution in [3.63, 3.8) is 0 Å². The summed E-state index contributed by atoms with van der Waals surface area (Å²) >= 11 is 0. The van der Waals surface area contributed by atoms with E-state index in [4.69, 9.17) is 10.5 Å². The average molecular weight is 337 g/mol. The maximum Gasteiger partial charge on any atom is 0.259 e. The number of halogens is 1. The fourth-order valence-electron chi connectivity index (χ4n) is 2.31. The molecule has 5 nitrogen and oxygen atoms in total. The lowest BCUT2D eigenvalue weighted by Gasteiger charge is -2.10. The largest absolute Gasteiger partial charge is 0.457 e. The summed E-state index contributed by atoms with van der Waals surface area (Å²) in [5, 5.41) is 2.77. The van der Waals surface area contributed by atoms with Crippen LogP contribution in [-0.4, -0.2) is 10.9 Å². The summed E-state index contributed by atoms with van der Waals surface area (Å²) in [5.74, 6) is 0.637. The number of pyridine rings is 1. The number of anilines is 2. The van der Waals surface area contributed by atoms with E-state index in [1.807, 2.05) is 0 Å². The molecule has 6 heteroatoms. The van der Waals surface area contributed by atoms with E-state index in [9.17, 15) is 9.18 Å². The normalized spacial score (nSPS) is 10.3. The fraction of sp³-hybridized carbons (Fsp3) is 0.0526. The van der Waals surface area contributed by atoms with Crippen LogP contribution in [0.3, 0.4) is 0 Å². The molecule has 0 aliphatic rings. The Balaban J connectivity index is 1.70. The number of hydrogen-bond acceptors (Lipinski definition) is 4. The first-order chi connectivity index (χ1) is 12.0. The predicted molar refractivity (Wildman–Crippen MR) is 94.3 cm³/mol. The molecule has 1 amide bonds. The number of hydrogen-bond donors (Lipinski definition) is 2. The molecular formula is C19H16FN3O2. The number of aryl methyl sites for hydroxylation is 1. The van der Waals surface area contributed by atoms with Gasteiger partial charge in [-0.1, -0.05) is 0 Å². The molecule has 0 fully saturated rings. The Morgan fingerprint density at radius 1 is 1.04 bits per heavy atom. The van der Waals surface area contributed by atoms with Crippen LogP contribution in [0.2, 0.25) is 0 Å². The summed E-state index contributed by atoms with van der Waals surface area (Å²) in [6, 6.07) is 14.3. The van der Waals surface area contributed by atoms with Crippen LogP contribution in [-0.2, 0) is 0 Å². The molecule has 0 radical (unpaired) electrons. The summed E-state index contributed by atoms with van der Waals surface area (Å²) in [7, 11) is 0. The zero-order valence-electron chi connectivity index (χ0n) is 13.5. The van der Waals surface area contributed by atoms with Crippen LogP contribution >= 0.6 is 0 Å². The minimum atomic E-state index is -0.324. The Labute approximate surface area is 144 Å². The van der Waals surface area contributed by atoms with E-state index in [0.717, 1.165) is 5.56 Å². The molecule has 3 rings (SSSR count). The number of nitrogens with one attached hydrogen (secondary N) is 1. The van der Waals surface area contributed by atoms with Gasteiger partial charge >= 0.3 is 0 Å². The fourth-order valence-corrected chi connectivity index (χ4v) is 2.31. The van der Waals surface area contributed by atoms with Gasteiger partial charge in [0.25, 0.3) is 5.91 Å². The number of nitrogen functional groups attached to an aromatic ring is 1. The lowest BCUT2D eigenvalue weighted by Crippen LogP contribution is -2.16. The van der Waals surface area contributed by atoms with Crippen molar-refractivity contribution < 1.29 is 13.9 Å². The third kappa shape index (κ3) is 3.92. The van der Waals surface area contributed by atoms with Crippen LogP contribution in [0, 0.1) is 12.7 Å². The first-order valence-electron chi connectivity index (χ1n) is 7.59. The van der Waals surface area contributed by atoms with Crippen molar-refractivity contribution in [2.75, 3.05) is 11.1 Å². The van der Waals surface area contributed by atoms with E-state index < -0.39 is 0 Å². The molecule has 0 saturated heterocycles. The molecule has 3 N–H and O–H groups in total. The monoisotopic (exact) mass is 337 g/mol. The SMILES string of the molecule is Cc1ccnc(N)c1C(=O)Nc1ccc(Oc2ccc(F)cc2)cc1. The molecule has 0 saturated carbocycles. The van der Waals surface area contributed by atoms with Crippen LogP contribution < -0.4 is 15.8 Å². The van der Waals surface area contributed by atoms with E-state index in [-0.39, 0.29) is 17.5 Å². The molecule has 0 spiro atoms. The number of ether oxygens (including phenoxy) is 1. The highest BCUT2D eigenvalue weighted by Crippen LogP contribution is 2.24. The standard InChI is InChI=1S/C19H16FN3O2/c1-12-10-11-22-18(21)17(12)19(24)23-14-4-8-16(9-5-14)25-15-6-2-13(20)3-7-15/h2-11H,1H3,(H2,21,22)(H,23,24). The number of benzene rings is 2. The van der Waals surface area contributed by atoms with Gasteiger partial charge in [0.15, 0.2) is 0 Å². The molecular weight excluding hydrogens is 321 g/mol. The van der Waals surface area contributed by atoms with E-state index in [2.05, 4.69) is 10.3 Å². The Morgan fingerprint density at radius 3 is 2.24 bits per heavy atom. The molecule has 0 aliphatic heterocycles. The molecule has 1 aromatic heterocycles. The van der Waals surface area contributed by atoms with Crippen LogP contribution in [0.25, 0.3) is 0 Å². The van der Waals surface area contributed by atoms with Gasteiger partial charge < -0.3 is 15.8 Å². The molecule has 0 aliphatic carbocycles. The molecule has 2 aromatic carbocycles. The minimum Gasteiger partial charge on any atom is -0.457 e. The van der Waals surface area contributed by atoms with Gasteiger partial charge in [-0.15, -0.1) is 0 Å². The smallest absolute Gasteiger partial charge is 0.259 e. The van der Waals surface area contributed by atoms with Gasteiger partial charge in [0.2, 0.25) is 0 Å². The lowest BCUT2D eigenvalue weighted by molar-refractivity contribution is 0.102. The summed E-state index contributed by atoms with van der Waals surface area (Å²) in [6.07, 6.45) is 1.56. The maximum atomic E-state index is 12.9. The minimum absolute atomic E-state index is 0.189. The molecule has 0 unspecified atom stereocenters. The number of amides is 1. The number of rotatable bonds is 4. The number of carbonyl (C=O) groups excluding carboxylic acids is 1. The Hall–Kier alpha value is -3.41. The highest BCUT2D eigenvalue weighted by molar-refractivity contribution is 6.08. The van der Waals surface area contributed by atoms with Gasteiger partial charge in [0, 0.05) is 11.9 Å². The van der Waals surface area contributed by atoms with Gasteiger partial charge in [-0.05, 0) is 67.1 Å². The summed E-state index contributed by atoms with van der Waals surface area (Å²) in [5.41, 5.74) is 7.48. The Morgan fingerprint density at radius 2 is 1.64 bits per heavy atom. The quantitative estimate of drug-likeness (QED) is 0.749. The predicted octanol–water partition coefficient (Wildman–Crippen LogP) is 4.16. The van der Waals surface area contributed by atoms with Crippen molar-refractivity contribution in [3.05, 3.63) is 77.7 Å². The third-order valence-electron chi connectivity index (χ3n) is 3.58. The van der Waals surface area contributed by atoms with Gasteiger partial charge in [-0.25, -0.2) is 9.37 Å². The molecule has 3 aromatic rings. The summed E-state index contributed by atoms with van der Waals surface area (Å²) < 4.78 is 18.5. The van der Waals surface area contributed by atoms with Gasteiger partial charge in [0.1, 0.15) is 23.1 Å². The zero-order valence-corrected chi connectivity index (χ0v) is 13.5. The molecule has 0 bridgehead atoms. The van der Waals surface area contributed by atoms with Crippen LogP contribution in [0.1, 0.15) is 15.9 Å². The molecule has 0 atom stereocenters. The van der Waals surface area contributed by atoms with Crippen molar-refractivity contribution in [2.45, 2.75) is 6.92 Å². The zero-order chi connectivity index (χ0) is 17.8. The van der Waals surface area contributed by atoms with Crippen LogP contribution in [0.15, 0.2) is 60.8 Å². The molecule has 25 heavy (non-hydrogen) atoms. The topological polar surface area (TPSA) is 77.2 Å². The maximum absolute atomic E-state index is 12.9. The first-order valence-corrected chi connectivity index (χ1v) is 7.59. The first kappa shape index (κ1) is 16.4. The number of aromatic nitrogens is 1. The van der Waals surface area contributed by atoms with E-state index in [1.54, 1.807) is 55.6 Å². The van der Waals surface area contributed by atoms with Crippen molar-refractivity contribution in [1.29, 1.82) is 0 Å². The second kappa shape index (κ2) is 7.00. The molecule has 126 valence electrons. The second-order valence-corrected chi connectivity index (χ2v) is 5.42. The van der Waals surface area contributed by atoms with Crippen molar-refractivity contribution in [1.82, 2.24) is 4.98 Å². The highest BCUT2D eigenvalue weighted by atomic mass is 19.1. The number of nitrogens with zero attached hydrogens (tertiary/aromatic N) is 1. The second-order valence-electron chi connectivity index (χ2n) is 5.42. The average Bonchev–Trinajstić information content (AvgIpc) is 2.58. The van der Waals surface area contributed by atoms with Crippen molar-refractivity contribution in [2.24, 2.45) is 0 Å². The van der Waals surface area contributed by atoms with Gasteiger partial charge in [-0.2, -0.15) is 0 Å². The van der Waals surface area contributed by atoms with E-state index in [0.29, 0.717) is 22.7 Å². The van der Waals surface area contributed by atoms with Crippen molar-refractivity contribution >= 4 is 17.4 Å². The van der Waals surface area contributed by atoms with E-state index >= 15 is 0 Å². The Kier molecular flexibility index (Phi) is 4.61. The summed E-state index contributed by atoms with van der Waals surface area (Å²) in [6.45, 7) is 1.80. The third-order valence-corrected chi connectivity index (χ3v) is 3.58. The number of nitrogens with two attached hydrogens (primary N) is 1. The van der Waals surface area contributed by atoms with Crippen LogP contribution in [0.4, 0.5) is 15.9 Å². The highest BCUT2D eigenvalue weighted by Gasteiger charge is 2.13. The van der Waals surface area contributed by atoms with Crippen LogP contribution in [0.5, 0.6) is 11.5 Å². The molecule has 1 heterocycles. The van der Waals surface area contributed by atoms with Gasteiger partial charge in [-0.3, -0.25) is 4.79 Å². The van der Waals surface area contributed by atoms with Gasteiger partial charge in [0.05, 0.1) is 5.56 Å². The summed E-state index contributed by atoms with van der Waals surface area (Å²) in [4.78, 5) is 16.3. The number of carbonyl (C=O) groups is 1. The van der Waals surface area contributed by atoms with Crippen molar-refractivity contribution in [3.8, 4) is 11.5 Å².